The van der Waals surface area contributed by atoms with Crippen LogP contribution >= 0.6 is 22.9 Å². The number of rotatable bonds is 3. The minimum Gasteiger partial charge on any atom is -0.338 e. The zero-order valence-electron chi connectivity index (χ0n) is 15.1. The first-order valence-corrected chi connectivity index (χ1v) is 10.8. The van der Waals surface area contributed by atoms with Gasteiger partial charge in [0.05, 0.1) is 12.0 Å². The Balaban J connectivity index is 1.45. The van der Waals surface area contributed by atoms with Gasteiger partial charge in [0.1, 0.15) is 0 Å². The normalized spacial score (nSPS) is 22.9. The van der Waals surface area contributed by atoms with Gasteiger partial charge in [-0.25, -0.2) is 0 Å². The van der Waals surface area contributed by atoms with Gasteiger partial charge in [-0.05, 0) is 61.4 Å². The summed E-state index contributed by atoms with van der Waals surface area (Å²) in [5, 5.41) is 2.69. The lowest BCUT2D eigenvalue weighted by Crippen LogP contribution is -2.46. The van der Waals surface area contributed by atoms with E-state index in [0.717, 1.165) is 32.2 Å². The molecule has 2 atom stereocenters. The number of piperidine rings is 1. The molecule has 142 valence electrons. The number of amides is 2. The van der Waals surface area contributed by atoms with E-state index in [1.165, 1.54) is 4.88 Å². The minimum absolute atomic E-state index is 0.0135. The predicted octanol–water partition coefficient (Wildman–Crippen LogP) is 4.62. The highest BCUT2D eigenvalue weighted by Gasteiger charge is 2.37. The van der Waals surface area contributed by atoms with Crippen LogP contribution in [0.25, 0.3) is 0 Å². The number of halogens is 1. The Labute approximate surface area is 168 Å². The van der Waals surface area contributed by atoms with Crippen molar-refractivity contribution in [3.63, 3.8) is 0 Å². The maximum atomic E-state index is 13.2. The van der Waals surface area contributed by atoms with Gasteiger partial charge in [0.2, 0.25) is 5.91 Å². The Bertz CT molecular complexity index is 806. The molecule has 2 fully saturated rings. The molecule has 0 saturated carbocycles. The summed E-state index contributed by atoms with van der Waals surface area (Å²) in [4.78, 5) is 31.2. The number of benzene rings is 1. The van der Waals surface area contributed by atoms with E-state index in [4.69, 9.17) is 11.6 Å². The lowest BCUT2D eigenvalue weighted by atomic mass is 9.95. The van der Waals surface area contributed by atoms with Crippen molar-refractivity contribution in [2.24, 2.45) is 5.92 Å². The van der Waals surface area contributed by atoms with E-state index in [9.17, 15) is 9.59 Å². The fraction of sp³-hybridized carbons (Fsp3) is 0.429. The first-order chi connectivity index (χ1) is 13.1. The number of carbonyl (C=O) groups is 2. The Morgan fingerprint density at radius 3 is 2.56 bits per heavy atom. The van der Waals surface area contributed by atoms with Crippen molar-refractivity contribution in [3.05, 3.63) is 57.2 Å². The van der Waals surface area contributed by atoms with Gasteiger partial charge in [-0.15, -0.1) is 11.3 Å². The lowest BCUT2D eigenvalue weighted by Gasteiger charge is -2.35. The van der Waals surface area contributed by atoms with Gasteiger partial charge in [-0.1, -0.05) is 17.7 Å². The number of hydrogen-bond donors (Lipinski definition) is 0. The zero-order valence-corrected chi connectivity index (χ0v) is 16.7. The van der Waals surface area contributed by atoms with Crippen LogP contribution in [0.1, 0.15) is 47.0 Å². The second-order valence-electron chi connectivity index (χ2n) is 7.30. The van der Waals surface area contributed by atoms with Crippen LogP contribution in [-0.4, -0.2) is 41.2 Å². The van der Waals surface area contributed by atoms with Crippen molar-refractivity contribution >= 4 is 34.8 Å². The smallest absolute Gasteiger partial charge is 0.253 e. The van der Waals surface area contributed by atoms with Crippen molar-refractivity contribution in [2.45, 2.75) is 31.7 Å². The van der Waals surface area contributed by atoms with E-state index in [1.807, 2.05) is 15.9 Å². The monoisotopic (exact) mass is 402 g/mol. The molecule has 0 bridgehead atoms. The summed E-state index contributed by atoms with van der Waals surface area (Å²) >= 11 is 7.64. The highest BCUT2D eigenvalue weighted by atomic mass is 35.5. The standard InChI is InChI=1S/C21H23ClN2O2S/c22-17-9-7-15(8-10-17)20(25)23-11-1-4-16(14-23)21(26)24-12-2-5-18(24)19-6-3-13-27-19/h3,6-10,13,16,18H,1-2,4-5,11-12,14H2/t16-,18+/m1/s1. The third-order valence-electron chi connectivity index (χ3n) is 5.56. The zero-order chi connectivity index (χ0) is 18.8. The van der Waals surface area contributed by atoms with Crippen molar-refractivity contribution in [2.75, 3.05) is 19.6 Å². The number of thiophene rings is 1. The van der Waals surface area contributed by atoms with Gasteiger partial charge in [0.25, 0.3) is 5.91 Å². The fourth-order valence-electron chi connectivity index (χ4n) is 4.18. The molecule has 0 radical (unpaired) electrons. The Morgan fingerprint density at radius 1 is 1.04 bits per heavy atom. The summed E-state index contributed by atoms with van der Waals surface area (Å²) in [6.45, 7) is 2.04. The van der Waals surface area contributed by atoms with Crippen LogP contribution in [-0.2, 0) is 4.79 Å². The molecule has 3 heterocycles. The van der Waals surface area contributed by atoms with Crippen molar-refractivity contribution in [3.8, 4) is 0 Å². The molecule has 1 aromatic heterocycles. The van der Waals surface area contributed by atoms with Crippen LogP contribution < -0.4 is 0 Å². The third-order valence-corrected chi connectivity index (χ3v) is 6.78. The Kier molecular flexibility index (Phi) is 5.50. The molecule has 2 aromatic rings. The molecular weight excluding hydrogens is 380 g/mol. The average Bonchev–Trinajstić information content (AvgIpc) is 3.39. The molecular formula is C21H23ClN2O2S. The Hall–Kier alpha value is -1.85. The molecule has 1 aromatic carbocycles. The number of hydrogen-bond acceptors (Lipinski definition) is 3. The van der Waals surface area contributed by atoms with Gasteiger partial charge in [0, 0.05) is 35.1 Å². The maximum Gasteiger partial charge on any atom is 0.253 e. The van der Waals surface area contributed by atoms with Gasteiger partial charge < -0.3 is 9.80 Å². The van der Waals surface area contributed by atoms with E-state index < -0.39 is 0 Å². The topological polar surface area (TPSA) is 40.6 Å². The van der Waals surface area contributed by atoms with Gasteiger partial charge in [-0.2, -0.15) is 0 Å². The SMILES string of the molecule is O=C(c1ccc(Cl)cc1)N1CCC[C@@H](C(=O)N2CCC[C@H]2c2cccs2)C1. The second kappa shape index (κ2) is 8.03. The van der Waals surface area contributed by atoms with Gasteiger partial charge in [-0.3, -0.25) is 9.59 Å². The minimum atomic E-state index is -0.101. The summed E-state index contributed by atoms with van der Waals surface area (Å²) in [5.74, 6) is 0.0930. The molecule has 0 unspecified atom stereocenters. The third kappa shape index (κ3) is 3.90. The molecule has 0 aliphatic carbocycles. The molecule has 4 rings (SSSR count). The number of nitrogens with zero attached hydrogens (tertiary/aromatic N) is 2. The van der Waals surface area contributed by atoms with Gasteiger partial charge in [0.15, 0.2) is 0 Å². The van der Waals surface area contributed by atoms with E-state index in [2.05, 4.69) is 11.4 Å². The van der Waals surface area contributed by atoms with Crippen LogP contribution in [0.15, 0.2) is 41.8 Å². The molecule has 4 nitrogen and oxygen atoms in total. The summed E-state index contributed by atoms with van der Waals surface area (Å²) in [6, 6.07) is 11.4. The number of carbonyl (C=O) groups excluding carboxylic acids is 2. The first-order valence-electron chi connectivity index (χ1n) is 9.52. The Morgan fingerprint density at radius 2 is 1.81 bits per heavy atom. The van der Waals surface area contributed by atoms with Crippen LogP contribution in [0.4, 0.5) is 0 Å². The molecule has 27 heavy (non-hydrogen) atoms. The predicted molar refractivity (Wildman–Crippen MR) is 108 cm³/mol. The largest absolute Gasteiger partial charge is 0.338 e. The van der Waals surface area contributed by atoms with E-state index in [-0.39, 0.29) is 23.8 Å². The quantitative estimate of drug-likeness (QED) is 0.751. The van der Waals surface area contributed by atoms with Crippen LogP contribution in [0.3, 0.4) is 0 Å². The van der Waals surface area contributed by atoms with Crippen molar-refractivity contribution in [1.29, 1.82) is 0 Å². The summed E-state index contributed by atoms with van der Waals surface area (Å²) in [5.41, 5.74) is 0.630. The molecule has 2 aliphatic rings. The highest BCUT2D eigenvalue weighted by molar-refractivity contribution is 7.10. The molecule has 6 heteroatoms. The average molecular weight is 403 g/mol. The van der Waals surface area contributed by atoms with E-state index in [1.54, 1.807) is 35.6 Å². The second-order valence-corrected chi connectivity index (χ2v) is 8.72. The molecule has 0 N–H and O–H groups in total. The van der Waals surface area contributed by atoms with Crippen LogP contribution in [0.5, 0.6) is 0 Å². The van der Waals surface area contributed by atoms with Crippen molar-refractivity contribution < 1.29 is 9.59 Å². The molecule has 2 saturated heterocycles. The number of likely N-dealkylation sites (tertiary alicyclic amines) is 2. The fourth-order valence-corrected chi connectivity index (χ4v) is 5.18. The van der Waals surface area contributed by atoms with E-state index >= 15 is 0 Å². The van der Waals surface area contributed by atoms with Gasteiger partial charge >= 0.3 is 0 Å². The molecule has 0 spiro atoms. The van der Waals surface area contributed by atoms with Crippen LogP contribution in [0, 0.1) is 5.92 Å². The molecule has 2 amide bonds. The first kappa shape index (κ1) is 18.5. The highest BCUT2D eigenvalue weighted by Crippen LogP contribution is 2.36. The maximum absolute atomic E-state index is 13.2. The summed E-state index contributed by atoms with van der Waals surface area (Å²) in [6.07, 6.45) is 3.81. The summed E-state index contributed by atoms with van der Waals surface area (Å²) < 4.78 is 0. The lowest BCUT2D eigenvalue weighted by molar-refractivity contribution is -0.137. The van der Waals surface area contributed by atoms with Crippen molar-refractivity contribution in [1.82, 2.24) is 9.80 Å². The van der Waals surface area contributed by atoms with Crippen LogP contribution in [0.2, 0.25) is 5.02 Å². The molecule has 2 aliphatic heterocycles. The summed E-state index contributed by atoms with van der Waals surface area (Å²) in [7, 11) is 0. The van der Waals surface area contributed by atoms with E-state index in [0.29, 0.717) is 23.7 Å².